The molecule has 4 rings (SSSR count). The highest BCUT2D eigenvalue weighted by atomic mass is 19.1. The number of benzene rings is 2. The summed E-state index contributed by atoms with van der Waals surface area (Å²) in [6, 6.07) is 20.0. The summed E-state index contributed by atoms with van der Waals surface area (Å²) in [7, 11) is 0. The van der Waals surface area contributed by atoms with Gasteiger partial charge in [0.2, 0.25) is 0 Å². The summed E-state index contributed by atoms with van der Waals surface area (Å²) in [4.78, 5) is 16.4. The molecule has 0 aliphatic carbocycles. The van der Waals surface area contributed by atoms with Gasteiger partial charge in [-0.3, -0.25) is 4.79 Å². The van der Waals surface area contributed by atoms with Crippen molar-refractivity contribution in [1.29, 1.82) is 0 Å². The number of carbonyl (C=O) groups is 1. The molecule has 0 spiro atoms. The quantitative estimate of drug-likeness (QED) is 0.718. The molecular weight excluding hydrogens is 343 g/mol. The Morgan fingerprint density at radius 1 is 0.815 bits per heavy atom. The van der Waals surface area contributed by atoms with Crippen molar-refractivity contribution < 1.29 is 9.18 Å². The molecule has 1 aliphatic rings. The standard InChI is InChI=1S/C21H19FN4O/c22-17-8-4-5-9-20(17)25-12-14-26(15-13-25)21(27)19-11-10-18(23-24-19)16-6-2-1-3-7-16/h1-11H,12-15H2. The topological polar surface area (TPSA) is 49.3 Å². The van der Waals surface area contributed by atoms with Crippen LogP contribution >= 0.6 is 0 Å². The van der Waals surface area contributed by atoms with E-state index in [1.165, 1.54) is 6.07 Å². The Bertz CT molecular complexity index is 922. The Balaban J connectivity index is 1.41. The highest BCUT2D eigenvalue weighted by Gasteiger charge is 2.24. The monoisotopic (exact) mass is 362 g/mol. The van der Waals surface area contributed by atoms with E-state index in [0.29, 0.717) is 37.6 Å². The van der Waals surface area contributed by atoms with Crippen LogP contribution in [0, 0.1) is 5.82 Å². The first-order valence-electron chi connectivity index (χ1n) is 8.90. The van der Waals surface area contributed by atoms with Crippen molar-refractivity contribution in [1.82, 2.24) is 15.1 Å². The van der Waals surface area contributed by atoms with Crippen LogP contribution in [-0.4, -0.2) is 47.2 Å². The first-order chi connectivity index (χ1) is 13.2. The van der Waals surface area contributed by atoms with Crippen molar-refractivity contribution in [2.75, 3.05) is 31.1 Å². The molecule has 0 N–H and O–H groups in total. The fraction of sp³-hybridized carbons (Fsp3) is 0.190. The number of hydrogen-bond acceptors (Lipinski definition) is 4. The van der Waals surface area contributed by atoms with E-state index in [0.717, 1.165) is 11.3 Å². The molecule has 0 atom stereocenters. The van der Waals surface area contributed by atoms with Gasteiger partial charge in [0.05, 0.1) is 11.4 Å². The maximum absolute atomic E-state index is 13.9. The number of hydrogen-bond donors (Lipinski definition) is 0. The van der Waals surface area contributed by atoms with E-state index >= 15 is 0 Å². The van der Waals surface area contributed by atoms with Crippen LogP contribution in [0.2, 0.25) is 0 Å². The SMILES string of the molecule is O=C(c1ccc(-c2ccccc2)nn1)N1CCN(c2ccccc2F)CC1. The minimum absolute atomic E-state index is 0.143. The van der Waals surface area contributed by atoms with Crippen LogP contribution in [0.5, 0.6) is 0 Å². The fourth-order valence-electron chi connectivity index (χ4n) is 3.23. The van der Waals surface area contributed by atoms with Gasteiger partial charge >= 0.3 is 0 Å². The molecule has 3 aromatic rings. The van der Waals surface area contributed by atoms with Gasteiger partial charge in [0.25, 0.3) is 5.91 Å². The van der Waals surface area contributed by atoms with E-state index in [-0.39, 0.29) is 11.7 Å². The van der Waals surface area contributed by atoms with Crippen LogP contribution in [0.25, 0.3) is 11.3 Å². The van der Waals surface area contributed by atoms with Crippen LogP contribution in [-0.2, 0) is 0 Å². The molecule has 0 radical (unpaired) electrons. The number of halogens is 1. The number of carbonyl (C=O) groups excluding carboxylic acids is 1. The van der Waals surface area contributed by atoms with Crippen molar-refractivity contribution in [3.63, 3.8) is 0 Å². The van der Waals surface area contributed by atoms with E-state index in [1.807, 2.05) is 47.4 Å². The Labute approximate surface area is 157 Å². The van der Waals surface area contributed by atoms with Gasteiger partial charge in [-0.15, -0.1) is 10.2 Å². The number of para-hydroxylation sites is 1. The van der Waals surface area contributed by atoms with Gasteiger partial charge < -0.3 is 9.80 Å². The van der Waals surface area contributed by atoms with Gasteiger partial charge in [0.1, 0.15) is 5.82 Å². The van der Waals surface area contributed by atoms with Crippen LogP contribution in [0.15, 0.2) is 66.7 Å². The van der Waals surface area contributed by atoms with Gasteiger partial charge in [-0.2, -0.15) is 0 Å². The summed E-state index contributed by atoms with van der Waals surface area (Å²) in [6.45, 7) is 2.22. The van der Waals surface area contributed by atoms with Crippen LogP contribution in [0.1, 0.15) is 10.5 Å². The first-order valence-corrected chi connectivity index (χ1v) is 8.90. The summed E-state index contributed by atoms with van der Waals surface area (Å²) in [5, 5.41) is 8.29. The lowest BCUT2D eigenvalue weighted by Gasteiger charge is -2.36. The maximum Gasteiger partial charge on any atom is 0.274 e. The summed E-state index contributed by atoms with van der Waals surface area (Å²) < 4.78 is 13.9. The molecular formula is C21H19FN4O. The molecule has 27 heavy (non-hydrogen) atoms. The highest BCUT2D eigenvalue weighted by Crippen LogP contribution is 2.21. The third-order valence-electron chi connectivity index (χ3n) is 4.71. The van der Waals surface area contributed by atoms with E-state index in [2.05, 4.69) is 10.2 Å². The van der Waals surface area contributed by atoms with Crippen LogP contribution in [0.4, 0.5) is 10.1 Å². The molecule has 2 aromatic carbocycles. The molecule has 1 amide bonds. The minimum atomic E-state index is -0.236. The number of amides is 1. The summed E-state index contributed by atoms with van der Waals surface area (Å²) >= 11 is 0. The van der Waals surface area contributed by atoms with Crippen molar-refractivity contribution in [3.8, 4) is 11.3 Å². The Morgan fingerprint density at radius 2 is 1.52 bits per heavy atom. The highest BCUT2D eigenvalue weighted by molar-refractivity contribution is 5.92. The number of anilines is 1. The first kappa shape index (κ1) is 17.1. The summed E-state index contributed by atoms with van der Waals surface area (Å²) in [5.74, 6) is -0.380. The lowest BCUT2D eigenvalue weighted by atomic mass is 10.1. The summed E-state index contributed by atoms with van der Waals surface area (Å²) in [5.41, 5.74) is 2.60. The fourth-order valence-corrected chi connectivity index (χ4v) is 3.23. The lowest BCUT2D eigenvalue weighted by Crippen LogP contribution is -2.49. The molecule has 2 heterocycles. The average molecular weight is 362 g/mol. The second-order valence-electron chi connectivity index (χ2n) is 6.40. The molecule has 5 nitrogen and oxygen atoms in total. The predicted octanol–water partition coefficient (Wildman–Crippen LogP) is 3.25. The zero-order chi connectivity index (χ0) is 18.6. The summed E-state index contributed by atoms with van der Waals surface area (Å²) in [6.07, 6.45) is 0. The van der Waals surface area contributed by atoms with Crippen molar-refractivity contribution in [2.24, 2.45) is 0 Å². The minimum Gasteiger partial charge on any atom is -0.366 e. The second-order valence-corrected chi connectivity index (χ2v) is 6.40. The van der Waals surface area contributed by atoms with Crippen LogP contribution in [0.3, 0.4) is 0 Å². The number of rotatable bonds is 3. The zero-order valence-electron chi connectivity index (χ0n) is 14.8. The van der Waals surface area contributed by atoms with E-state index in [4.69, 9.17) is 0 Å². The molecule has 1 saturated heterocycles. The van der Waals surface area contributed by atoms with E-state index in [1.54, 1.807) is 23.1 Å². The van der Waals surface area contributed by atoms with E-state index in [9.17, 15) is 9.18 Å². The van der Waals surface area contributed by atoms with Gasteiger partial charge in [-0.05, 0) is 24.3 Å². The third-order valence-corrected chi connectivity index (χ3v) is 4.71. The van der Waals surface area contributed by atoms with E-state index < -0.39 is 0 Å². The molecule has 1 aromatic heterocycles. The molecule has 0 unspecified atom stereocenters. The Morgan fingerprint density at radius 3 is 2.19 bits per heavy atom. The van der Waals surface area contributed by atoms with Gasteiger partial charge in [-0.1, -0.05) is 42.5 Å². The average Bonchev–Trinajstić information content (AvgIpc) is 2.74. The molecule has 0 saturated carbocycles. The largest absolute Gasteiger partial charge is 0.366 e. The number of aromatic nitrogens is 2. The Kier molecular flexibility index (Phi) is 4.78. The van der Waals surface area contributed by atoms with Crippen LogP contribution < -0.4 is 4.90 Å². The normalized spacial score (nSPS) is 14.3. The van der Waals surface area contributed by atoms with Crippen molar-refractivity contribution in [3.05, 3.63) is 78.2 Å². The predicted molar refractivity (Wildman–Crippen MR) is 102 cm³/mol. The molecule has 1 fully saturated rings. The maximum atomic E-state index is 13.9. The smallest absolute Gasteiger partial charge is 0.274 e. The van der Waals surface area contributed by atoms with Crippen molar-refractivity contribution in [2.45, 2.75) is 0 Å². The van der Waals surface area contributed by atoms with Gasteiger partial charge in [0, 0.05) is 31.7 Å². The lowest BCUT2D eigenvalue weighted by molar-refractivity contribution is 0.0739. The zero-order valence-corrected chi connectivity index (χ0v) is 14.8. The molecule has 6 heteroatoms. The number of nitrogens with zero attached hydrogens (tertiary/aromatic N) is 4. The van der Waals surface area contributed by atoms with Crippen molar-refractivity contribution >= 4 is 11.6 Å². The van der Waals surface area contributed by atoms with Gasteiger partial charge in [-0.25, -0.2) is 4.39 Å². The molecule has 1 aliphatic heterocycles. The molecule has 0 bridgehead atoms. The Hall–Kier alpha value is -3.28. The third kappa shape index (κ3) is 3.65. The second kappa shape index (κ2) is 7.53. The number of piperazine rings is 1. The molecule has 136 valence electrons. The van der Waals surface area contributed by atoms with Gasteiger partial charge in [0.15, 0.2) is 5.69 Å².